The lowest BCUT2D eigenvalue weighted by molar-refractivity contribution is -0.112. The molecule has 0 aliphatic carbocycles. The van der Waals surface area contributed by atoms with Crippen LogP contribution in [0.4, 0.5) is 10.1 Å². The zero-order valence-corrected chi connectivity index (χ0v) is 18.3. The number of benzene rings is 3. The SMILES string of the molecule is Cc1ccc(NC(=O)/C(C#N)=C/c2ccc(Cc3cccc(F)c3)c(Br)c2)c(C)c1. The Bertz CT molecular complexity index is 1180. The van der Waals surface area contributed by atoms with Crippen molar-refractivity contribution in [3.8, 4) is 6.07 Å². The van der Waals surface area contributed by atoms with Crippen LogP contribution in [0, 0.1) is 31.0 Å². The second-order valence-electron chi connectivity index (χ2n) is 7.10. The third-order valence-electron chi connectivity index (χ3n) is 4.67. The van der Waals surface area contributed by atoms with Crippen LogP contribution in [0.25, 0.3) is 6.08 Å². The molecular formula is C25H20BrFN2O. The fraction of sp³-hybridized carbons (Fsp3) is 0.120. The number of anilines is 1. The van der Waals surface area contributed by atoms with Crippen molar-refractivity contribution in [2.75, 3.05) is 5.32 Å². The molecule has 0 heterocycles. The van der Waals surface area contributed by atoms with E-state index in [1.54, 1.807) is 12.1 Å². The molecule has 0 radical (unpaired) electrons. The van der Waals surface area contributed by atoms with Gasteiger partial charge in [-0.25, -0.2) is 4.39 Å². The number of hydrogen-bond acceptors (Lipinski definition) is 2. The lowest BCUT2D eigenvalue weighted by atomic mass is 10.0. The summed E-state index contributed by atoms with van der Waals surface area (Å²) in [5.41, 5.74) is 5.30. The van der Waals surface area contributed by atoms with Crippen molar-refractivity contribution in [2.24, 2.45) is 0 Å². The van der Waals surface area contributed by atoms with E-state index in [2.05, 4.69) is 21.2 Å². The molecule has 3 aromatic rings. The summed E-state index contributed by atoms with van der Waals surface area (Å²) in [6.07, 6.45) is 2.12. The van der Waals surface area contributed by atoms with E-state index >= 15 is 0 Å². The van der Waals surface area contributed by atoms with Gasteiger partial charge >= 0.3 is 0 Å². The molecule has 0 bridgehead atoms. The predicted octanol–water partition coefficient (Wildman–Crippen LogP) is 6.34. The molecule has 0 aromatic heterocycles. The zero-order chi connectivity index (χ0) is 21.7. The lowest BCUT2D eigenvalue weighted by Crippen LogP contribution is -2.14. The molecule has 3 rings (SSSR count). The van der Waals surface area contributed by atoms with E-state index in [9.17, 15) is 14.4 Å². The molecule has 0 unspecified atom stereocenters. The summed E-state index contributed by atoms with van der Waals surface area (Å²) >= 11 is 3.54. The summed E-state index contributed by atoms with van der Waals surface area (Å²) in [6.45, 7) is 3.89. The summed E-state index contributed by atoms with van der Waals surface area (Å²) < 4.78 is 14.2. The third kappa shape index (κ3) is 5.43. The number of amides is 1. The number of carbonyl (C=O) groups excluding carboxylic acids is 1. The number of carbonyl (C=O) groups is 1. The molecule has 3 aromatic carbocycles. The molecule has 0 fully saturated rings. The van der Waals surface area contributed by atoms with Crippen LogP contribution in [-0.2, 0) is 11.2 Å². The first-order valence-corrected chi connectivity index (χ1v) is 10.2. The lowest BCUT2D eigenvalue weighted by Gasteiger charge is -2.09. The monoisotopic (exact) mass is 462 g/mol. The highest BCUT2D eigenvalue weighted by Crippen LogP contribution is 2.24. The quantitative estimate of drug-likeness (QED) is 0.355. The Morgan fingerprint density at radius 3 is 2.60 bits per heavy atom. The minimum Gasteiger partial charge on any atom is -0.321 e. The molecule has 0 saturated heterocycles. The molecule has 1 amide bonds. The van der Waals surface area contributed by atoms with Crippen LogP contribution in [-0.4, -0.2) is 5.91 Å². The van der Waals surface area contributed by atoms with Gasteiger partial charge in [0.05, 0.1) is 0 Å². The van der Waals surface area contributed by atoms with E-state index in [1.165, 1.54) is 12.1 Å². The largest absolute Gasteiger partial charge is 0.321 e. The van der Waals surface area contributed by atoms with Gasteiger partial charge in [0.25, 0.3) is 5.91 Å². The van der Waals surface area contributed by atoms with Gasteiger partial charge in [-0.05, 0) is 72.9 Å². The molecular weight excluding hydrogens is 443 g/mol. The fourth-order valence-corrected chi connectivity index (χ4v) is 3.66. The van der Waals surface area contributed by atoms with Gasteiger partial charge in [-0.3, -0.25) is 4.79 Å². The van der Waals surface area contributed by atoms with Crippen molar-refractivity contribution in [3.05, 3.63) is 104 Å². The summed E-state index contributed by atoms with van der Waals surface area (Å²) in [4.78, 5) is 12.6. The number of hydrogen-bond donors (Lipinski definition) is 1. The average Bonchev–Trinajstić information content (AvgIpc) is 2.70. The maximum atomic E-state index is 13.4. The normalized spacial score (nSPS) is 11.1. The number of nitrogens with zero attached hydrogens (tertiary/aromatic N) is 1. The Hall–Kier alpha value is -3.23. The number of nitrogens with one attached hydrogen (secondary N) is 1. The smallest absolute Gasteiger partial charge is 0.266 e. The van der Waals surface area contributed by atoms with Gasteiger partial charge in [0.15, 0.2) is 0 Å². The van der Waals surface area contributed by atoms with Crippen LogP contribution in [0.2, 0.25) is 0 Å². The summed E-state index contributed by atoms with van der Waals surface area (Å²) in [5.74, 6) is -0.721. The topological polar surface area (TPSA) is 52.9 Å². The van der Waals surface area contributed by atoms with Crippen molar-refractivity contribution < 1.29 is 9.18 Å². The molecule has 0 spiro atoms. The van der Waals surface area contributed by atoms with Crippen molar-refractivity contribution in [1.82, 2.24) is 0 Å². The summed E-state index contributed by atoms with van der Waals surface area (Å²) in [7, 11) is 0. The Kier molecular flexibility index (Phi) is 6.81. The molecule has 3 nitrogen and oxygen atoms in total. The average molecular weight is 463 g/mol. The second-order valence-corrected chi connectivity index (χ2v) is 7.95. The van der Waals surface area contributed by atoms with Crippen molar-refractivity contribution >= 4 is 33.6 Å². The minimum absolute atomic E-state index is 0.0137. The molecule has 0 saturated carbocycles. The molecule has 150 valence electrons. The van der Waals surface area contributed by atoms with Crippen molar-refractivity contribution in [2.45, 2.75) is 20.3 Å². The molecule has 5 heteroatoms. The van der Waals surface area contributed by atoms with Gasteiger partial charge in [0.2, 0.25) is 0 Å². The van der Waals surface area contributed by atoms with Gasteiger partial charge < -0.3 is 5.32 Å². The molecule has 0 aliphatic heterocycles. The highest BCUT2D eigenvalue weighted by atomic mass is 79.9. The number of halogens is 2. The third-order valence-corrected chi connectivity index (χ3v) is 5.41. The van der Waals surface area contributed by atoms with E-state index in [-0.39, 0.29) is 11.4 Å². The summed E-state index contributed by atoms with van der Waals surface area (Å²) in [6, 6.07) is 19.7. The molecule has 0 atom stereocenters. The van der Waals surface area contributed by atoms with Gasteiger partial charge in [0.1, 0.15) is 17.5 Å². The molecule has 30 heavy (non-hydrogen) atoms. The number of aryl methyl sites for hydroxylation is 2. The first kappa shape index (κ1) is 21.5. The number of rotatable bonds is 5. The first-order chi connectivity index (χ1) is 14.4. The van der Waals surface area contributed by atoms with Crippen LogP contribution in [0.3, 0.4) is 0 Å². The minimum atomic E-state index is -0.454. The van der Waals surface area contributed by atoms with Crippen molar-refractivity contribution in [3.63, 3.8) is 0 Å². The van der Waals surface area contributed by atoms with Gasteiger partial charge in [-0.1, -0.05) is 57.9 Å². The first-order valence-electron chi connectivity index (χ1n) is 9.39. The zero-order valence-electron chi connectivity index (χ0n) is 16.7. The Labute approximate surface area is 184 Å². The van der Waals surface area contributed by atoms with Gasteiger partial charge in [0, 0.05) is 10.2 Å². The van der Waals surface area contributed by atoms with Crippen LogP contribution in [0.1, 0.15) is 27.8 Å². The van der Waals surface area contributed by atoms with E-state index in [0.29, 0.717) is 12.1 Å². The predicted molar refractivity (Wildman–Crippen MR) is 121 cm³/mol. The standard InChI is InChI=1S/C25H20BrFN2O/c1-16-6-9-24(17(2)10-16)29-25(30)21(15-28)12-19-7-8-20(23(26)14-19)11-18-4-3-5-22(27)13-18/h3-10,12-14H,11H2,1-2H3,(H,29,30)/b21-12+. The van der Waals surface area contributed by atoms with Crippen LogP contribution < -0.4 is 5.32 Å². The Morgan fingerprint density at radius 1 is 1.13 bits per heavy atom. The van der Waals surface area contributed by atoms with E-state index in [0.717, 1.165) is 32.3 Å². The van der Waals surface area contributed by atoms with Gasteiger partial charge in [-0.15, -0.1) is 0 Å². The van der Waals surface area contributed by atoms with Crippen LogP contribution >= 0.6 is 15.9 Å². The molecule has 0 aliphatic rings. The van der Waals surface area contributed by atoms with Crippen LogP contribution in [0.15, 0.2) is 70.7 Å². The Balaban J connectivity index is 1.79. The Morgan fingerprint density at radius 2 is 1.93 bits per heavy atom. The highest BCUT2D eigenvalue weighted by Gasteiger charge is 2.12. The maximum Gasteiger partial charge on any atom is 0.266 e. The highest BCUT2D eigenvalue weighted by molar-refractivity contribution is 9.10. The molecule has 1 N–H and O–H groups in total. The van der Waals surface area contributed by atoms with Crippen molar-refractivity contribution in [1.29, 1.82) is 5.26 Å². The second kappa shape index (κ2) is 9.51. The fourth-order valence-electron chi connectivity index (χ4n) is 3.12. The summed E-state index contributed by atoms with van der Waals surface area (Å²) in [5, 5.41) is 12.3. The van der Waals surface area contributed by atoms with Gasteiger partial charge in [-0.2, -0.15) is 5.26 Å². The number of nitriles is 1. The maximum absolute atomic E-state index is 13.4. The van der Waals surface area contributed by atoms with Crippen LogP contribution in [0.5, 0.6) is 0 Å². The van der Waals surface area contributed by atoms with E-state index in [1.807, 2.05) is 62.4 Å². The van der Waals surface area contributed by atoms with E-state index < -0.39 is 5.91 Å². The van der Waals surface area contributed by atoms with E-state index in [4.69, 9.17) is 0 Å².